The van der Waals surface area contributed by atoms with Gasteiger partial charge in [-0.15, -0.1) is 0 Å². The van der Waals surface area contributed by atoms with Gasteiger partial charge in [0.05, 0.1) is 0 Å². The number of nitrogens with one attached hydrogen (secondary N) is 1. The van der Waals surface area contributed by atoms with Crippen molar-refractivity contribution in [2.75, 3.05) is 6.54 Å². The van der Waals surface area contributed by atoms with Crippen LogP contribution in [0.25, 0.3) is 0 Å². The van der Waals surface area contributed by atoms with E-state index in [9.17, 15) is 4.79 Å². The van der Waals surface area contributed by atoms with E-state index in [1.807, 2.05) is 6.92 Å². The summed E-state index contributed by atoms with van der Waals surface area (Å²) < 4.78 is 0. The summed E-state index contributed by atoms with van der Waals surface area (Å²) in [6.07, 6.45) is 2.45. The molecule has 1 saturated heterocycles. The highest BCUT2D eigenvalue weighted by atomic mass is 16.4. The topological polar surface area (TPSA) is 49.3 Å². The summed E-state index contributed by atoms with van der Waals surface area (Å²) in [4.78, 5) is 10.7. The van der Waals surface area contributed by atoms with Crippen LogP contribution < -0.4 is 5.32 Å². The number of carboxylic acids is 1. The van der Waals surface area contributed by atoms with Crippen LogP contribution in [0.1, 0.15) is 26.2 Å². The fraction of sp³-hybridized carbons (Fsp3) is 0.857. The van der Waals surface area contributed by atoms with Crippen molar-refractivity contribution in [3.05, 3.63) is 0 Å². The molecule has 58 valence electrons. The third-order valence-electron chi connectivity index (χ3n) is 2.26. The van der Waals surface area contributed by atoms with E-state index in [1.165, 1.54) is 0 Å². The summed E-state index contributed by atoms with van der Waals surface area (Å²) in [5.41, 5.74) is -0.597. The molecule has 1 atom stereocenters. The van der Waals surface area contributed by atoms with E-state index >= 15 is 0 Å². The molecule has 1 heterocycles. The number of hydrogen-bond donors (Lipinski definition) is 2. The van der Waals surface area contributed by atoms with Crippen molar-refractivity contribution >= 4 is 5.97 Å². The molecule has 1 aliphatic rings. The van der Waals surface area contributed by atoms with Gasteiger partial charge in [0.15, 0.2) is 0 Å². The zero-order valence-corrected chi connectivity index (χ0v) is 6.18. The van der Waals surface area contributed by atoms with Gasteiger partial charge < -0.3 is 10.4 Å². The van der Waals surface area contributed by atoms with Crippen LogP contribution >= 0.6 is 0 Å². The monoisotopic (exact) mass is 143 g/mol. The maximum atomic E-state index is 10.7. The van der Waals surface area contributed by atoms with Crippen LogP contribution in [0.4, 0.5) is 0 Å². The molecule has 0 aromatic heterocycles. The quantitative estimate of drug-likeness (QED) is 0.595. The Bertz CT molecular complexity index is 139. The van der Waals surface area contributed by atoms with Gasteiger partial charge in [0.1, 0.15) is 5.54 Å². The van der Waals surface area contributed by atoms with Crippen molar-refractivity contribution in [2.24, 2.45) is 0 Å². The average Bonchev–Trinajstić information content (AvgIpc) is 2.35. The van der Waals surface area contributed by atoms with Gasteiger partial charge in [0, 0.05) is 0 Å². The molecular weight excluding hydrogens is 130 g/mol. The molecule has 0 bridgehead atoms. The molecule has 0 radical (unpaired) electrons. The van der Waals surface area contributed by atoms with E-state index < -0.39 is 11.5 Å². The lowest BCUT2D eigenvalue weighted by Gasteiger charge is -2.21. The molecule has 10 heavy (non-hydrogen) atoms. The van der Waals surface area contributed by atoms with Gasteiger partial charge in [-0.1, -0.05) is 6.92 Å². The molecule has 1 rings (SSSR count). The Kier molecular flexibility index (Phi) is 1.94. The highest BCUT2D eigenvalue weighted by Gasteiger charge is 2.38. The first kappa shape index (κ1) is 7.54. The summed E-state index contributed by atoms with van der Waals surface area (Å²) >= 11 is 0. The molecule has 0 aromatic carbocycles. The first-order valence-electron chi connectivity index (χ1n) is 3.70. The molecule has 0 aromatic rings. The van der Waals surface area contributed by atoms with Crippen molar-refractivity contribution < 1.29 is 9.90 Å². The Morgan fingerprint density at radius 1 is 1.80 bits per heavy atom. The second kappa shape index (κ2) is 2.58. The Balaban J connectivity index is 2.67. The van der Waals surface area contributed by atoms with E-state index in [4.69, 9.17) is 5.11 Å². The van der Waals surface area contributed by atoms with Gasteiger partial charge in [0.25, 0.3) is 0 Å². The number of aliphatic carboxylic acids is 1. The molecule has 0 spiro atoms. The van der Waals surface area contributed by atoms with Gasteiger partial charge in [-0.3, -0.25) is 4.79 Å². The van der Waals surface area contributed by atoms with Gasteiger partial charge in [-0.05, 0) is 25.8 Å². The zero-order valence-electron chi connectivity index (χ0n) is 6.18. The maximum absolute atomic E-state index is 10.7. The Hall–Kier alpha value is -0.570. The standard InChI is InChI=1S/C7H13NO2/c1-2-7(6(9)10)4-3-5-8-7/h8H,2-5H2,1H3,(H,9,10)/t7-/m1/s1. The molecule has 1 fully saturated rings. The largest absolute Gasteiger partial charge is 0.480 e. The molecule has 0 amide bonds. The zero-order chi connectivity index (χ0) is 7.61. The Labute approximate surface area is 60.4 Å². The number of carboxylic acid groups (broad SMARTS) is 1. The smallest absolute Gasteiger partial charge is 0.323 e. The van der Waals surface area contributed by atoms with Crippen LogP contribution in [0.2, 0.25) is 0 Å². The first-order chi connectivity index (χ1) is 4.71. The summed E-state index contributed by atoms with van der Waals surface area (Å²) in [6, 6.07) is 0. The second-order valence-electron chi connectivity index (χ2n) is 2.77. The van der Waals surface area contributed by atoms with Crippen molar-refractivity contribution in [3.8, 4) is 0 Å². The predicted molar refractivity (Wildman–Crippen MR) is 37.9 cm³/mol. The lowest BCUT2D eigenvalue weighted by atomic mass is 9.95. The third-order valence-corrected chi connectivity index (χ3v) is 2.26. The average molecular weight is 143 g/mol. The fourth-order valence-corrected chi connectivity index (χ4v) is 1.44. The maximum Gasteiger partial charge on any atom is 0.323 e. The lowest BCUT2D eigenvalue weighted by molar-refractivity contribution is -0.144. The molecule has 0 saturated carbocycles. The minimum Gasteiger partial charge on any atom is -0.480 e. The summed E-state index contributed by atoms with van der Waals surface area (Å²) in [7, 11) is 0. The van der Waals surface area contributed by atoms with Gasteiger partial charge in [-0.25, -0.2) is 0 Å². The molecule has 0 aliphatic carbocycles. The van der Waals surface area contributed by atoms with E-state index in [1.54, 1.807) is 0 Å². The highest BCUT2D eigenvalue weighted by molar-refractivity contribution is 5.79. The molecule has 3 heteroatoms. The fourth-order valence-electron chi connectivity index (χ4n) is 1.44. The van der Waals surface area contributed by atoms with Gasteiger partial charge >= 0.3 is 5.97 Å². The molecule has 2 N–H and O–H groups in total. The van der Waals surface area contributed by atoms with Crippen molar-refractivity contribution in [1.29, 1.82) is 0 Å². The Morgan fingerprint density at radius 3 is 2.70 bits per heavy atom. The first-order valence-corrected chi connectivity index (χ1v) is 3.70. The molecule has 1 aliphatic heterocycles. The van der Waals surface area contributed by atoms with Crippen LogP contribution in [-0.4, -0.2) is 23.2 Å². The van der Waals surface area contributed by atoms with Crippen molar-refractivity contribution in [3.63, 3.8) is 0 Å². The van der Waals surface area contributed by atoms with Crippen LogP contribution in [-0.2, 0) is 4.79 Å². The van der Waals surface area contributed by atoms with Crippen LogP contribution in [0.5, 0.6) is 0 Å². The SMILES string of the molecule is CC[C@]1(C(=O)O)CCCN1. The minimum atomic E-state index is -0.701. The van der Waals surface area contributed by atoms with Gasteiger partial charge in [-0.2, -0.15) is 0 Å². The predicted octanol–water partition coefficient (Wildman–Crippen LogP) is 0.603. The third kappa shape index (κ3) is 1.01. The normalized spacial score (nSPS) is 32.5. The van der Waals surface area contributed by atoms with Crippen molar-refractivity contribution in [1.82, 2.24) is 5.32 Å². The highest BCUT2D eigenvalue weighted by Crippen LogP contribution is 2.22. The molecule has 0 unspecified atom stereocenters. The van der Waals surface area contributed by atoms with E-state index in [2.05, 4.69) is 5.32 Å². The minimum absolute atomic E-state index is 0.597. The van der Waals surface area contributed by atoms with E-state index in [-0.39, 0.29) is 0 Å². The molecular formula is C7H13NO2. The summed E-state index contributed by atoms with van der Waals surface area (Å²) in [5.74, 6) is -0.701. The van der Waals surface area contributed by atoms with Crippen LogP contribution in [0, 0.1) is 0 Å². The van der Waals surface area contributed by atoms with Gasteiger partial charge in [0.2, 0.25) is 0 Å². The van der Waals surface area contributed by atoms with E-state index in [0.717, 1.165) is 19.4 Å². The van der Waals surface area contributed by atoms with Crippen molar-refractivity contribution in [2.45, 2.75) is 31.7 Å². The lowest BCUT2D eigenvalue weighted by Crippen LogP contribution is -2.46. The van der Waals surface area contributed by atoms with Crippen LogP contribution in [0.3, 0.4) is 0 Å². The van der Waals surface area contributed by atoms with E-state index in [0.29, 0.717) is 6.42 Å². The molecule has 3 nitrogen and oxygen atoms in total. The summed E-state index contributed by atoms with van der Waals surface area (Å²) in [5, 5.41) is 11.8. The van der Waals surface area contributed by atoms with Crippen LogP contribution in [0.15, 0.2) is 0 Å². The second-order valence-corrected chi connectivity index (χ2v) is 2.77. The number of hydrogen-bond acceptors (Lipinski definition) is 2. The number of carbonyl (C=O) groups is 1. The Morgan fingerprint density at radius 2 is 2.50 bits per heavy atom. The number of rotatable bonds is 2. The summed E-state index contributed by atoms with van der Waals surface area (Å²) in [6.45, 7) is 2.76.